The van der Waals surface area contributed by atoms with Crippen LogP contribution >= 0.6 is 0 Å². The average Bonchev–Trinajstić information content (AvgIpc) is 3.75. The lowest BCUT2D eigenvalue weighted by Gasteiger charge is -2.17. The molecule has 3 heterocycles. The number of methoxy groups -OCH3 is 1. The molecule has 1 unspecified atom stereocenters. The van der Waals surface area contributed by atoms with Crippen molar-refractivity contribution in [2.24, 2.45) is 5.41 Å². The van der Waals surface area contributed by atoms with Crippen LogP contribution in [0.3, 0.4) is 0 Å². The van der Waals surface area contributed by atoms with Crippen molar-refractivity contribution in [1.29, 1.82) is 0 Å². The standard InChI is InChI=1S/C28H26F2N6O3S/c1-39-10-7-16-14-36(35-21(16)8-11-40(2,37)38)26-31-9-6-23(32-26)28-15-27(28)13-18(27)17-12-22(33-34-25(17)28)24-19(29)4-3-5-20(24)30/h3-6,9,12,14,18H,7-8,10-11,13,15H2,1-2H3/t18-,27?,28-/m0/s1. The predicted molar refractivity (Wildman–Crippen MR) is 141 cm³/mol. The Morgan fingerprint density at radius 2 is 1.95 bits per heavy atom. The Morgan fingerprint density at radius 1 is 1.15 bits per heavy atom. The van der Waals surface area contributed by atoms with Crippen LogP contribution in [0, 0.1) is 17.0 Å². The zero-order valence-electron chi connectivity index (χ0n) is 21.9. The summed E-state index contributed by atoms with van der Waals surface area (Å²) in [5, 5.41) is 13.4. The summed E-state index contributed by atoms with van der Waals surface area (Å²) in [7, 11) is -1.55. The number of fused-ring (bicyclic) bond motifs is 3. The number of nitrogens with zero attached hydrogens (tertiary/aromatic N) is 6. The van der Waals surface area contributed by atoms with Crippen molar-refractivity contribution in [3.05, 3.63) is 82.6 Å². The summed E-state index contributed by atoms with van der Waals surface area (Å²) in [6.07, 6.45) is 7.44. The molecule has 7 rings (SSSR count). The van der Waals surface area contributed by atoms with E-state index in [1.54, 1.807) is 24.1 Å². The van der Waals surface area contributed by atoms with Crippen molar-refractivity contribution < 1.29 is 21.9 Å². The molecule has 0 radical (unpaired) electrons. The van der Waals surface area contributed by atoms with E-state index >= 15 is 0 Å². The van der Waals surface area contributed by atoms with Crippen LogP contribution in [0.15, 0.2) is 42.7 Å². The Kier molecular flexibility index (Phi) is 5.50. The number of benzene rings is 1. The lowest BCUT2D eigenvalue weighted by molar-refractivity contribution is 0.202. The van der Waals surface area contributed by atoms with Crippen LogP contribution in [-0.4, -0.2) is 64.1 Å². The van der Waals surface area contributed by atoms with Gasteiger partial charge in [0.15, 0.2) is 0 Å². The van der Waals surface area contributed by atoms with Crippen LogP contribution in [0.1, 0.15) is 47.0 Å². The molecule has 0 bridgehead atoms. The molecule has 3 aliphatic rings. The summed E-state index contributed by atoms with van der Waals surface area (Å²) in [5.74, 6) is -0.720. The second-order valence-electron chi connectivity index (χ2n) is 11.0. The minimum absolute atomic E-state index is 0.00355. The van der Waals surface area contributed by atoms with E-state index < -0.39 is 26.9 Å². The molecule has 0 N–H and O–H groups in total. The first kappa shape index (κ1) is 25.3. The SMILES string of the molecule is COCCc1cn(-c2nccc([C@]34CC35C[C@H]5c3cc(-c5c(F)cccc5F)nnc34)n2)nc1CCS(C)(=O)=O. The predicted octanol–water partition coefficient (Wildman–Crippen LogP) is 3.35. The van der Waals surface area contributed by atoms with Gasteiger partial charge in [-0.15, -0.1) is 5.10 Å². The molecule has 3 aromatic heterocycles. The number of aromatic nitrogens is 6. The fourth-order valence-corrected chi connectivity index (χ4v) is 7.19. The number of sulfone groups is 1. The third-order valence-corrected chi connectivity index (χ3v) is 9.60. The fourth-order valence-electron chi connectivity index (χ4n) is 6.62. The van der Waals surface area contributed by atoms with Crippen molar-refractivity contribution in [2.45, 2.75) is 37.0 Å². The Balaban J connectivity index is 1.25. The molecular formula is C28H26F2N6O3S. The van der Waals surface area contributed by atoms with Gasteiger partial charge in [0.2, 0.25) is 0 Å². The van der Waals surface area contributed by atoms with Gasteiger partial charge in [-0.3, -0.25) is 0 Å². The second kappa shape index (κ2) is 8.68. The van der Waals surface area contributed by atoms with Gasteiger partial charge in [-0.05, 0) is 66.0 Å². The maximum absolute atomic E-state index is 14.5. The normalized spacial score (nSPS) is 23.9. The molecule has 40 heavy (non-hydrogen) atoms. The topological polar surface area (TPSA) is 113 Å². The van der Waals surface area contributed by atoms with Crippen molar-refractivity contribution >= 4 is 9.84 Å². The lowest BCUT2D eigenvalue weighted by atomic mass is 9.93. The fraction of sp³-hybridized carbons (Fsp3) is 0.393. The van der Waals surface area contributed by atoms with Gasteiger partial charge in [-0.1, -0.05) is 6.07 Å². The molecule has 1 spiro atoms. The molecule has 0 aliphatic heterocycles. The second-order valence-corrected chi connectivity index (χ2v) is 13.3. The molecule has 12 heteroatoms. The Morgan fingerprint density at radius 3 is 2.70 bits per heavy atom. The summed E-state index contributed by atoms with van der Waals surface area (Å²) in [4.78, 5) is 9.37. The molecule has 1 aromatic carbocycles. The van der Waals surface area contributed by atoms with Crippen LogP contribution in [0.4, 0.5) is 8.78 Å². The molecule has 3 atom stereocenters. The largest absolute Gasteiger partial charge is 0.384 e. The molecule has 0 amide bonds. The lowest BCUT2D eigenvalue weighted by Crippen LogP contribution is -2.18. The summed E-state index contributed by atoms with van der Waals surface area (Å²) >= 11 is 0. The summed E-state index contributed by atoms with van der Waals surface area (Å²) in [6, 6.07) is 7.43. The molecule has 3 aliphatic carbocycles. The van der Waals surface area contributed by atoms with E-state index in [9.17, 15) is 17.2 Å². The number of hydrogen-bond donors (Lipinski definition) is 0. The van der Waals surface area contributed by atoms with E-state index in [2.05, 4.69) is 20.3 Å². The van der Waals surface area contributed by atoms with Gasteiger partial charge in [0.1, 0.15) is 21.5 Å². The maximum Gasteiger partial charge on any atom is 0.250 e. The first-order valence-electron chi connectivity index (χ1n) is 13.1. The summed E-state index contributed by atoms with van der Waals surface area (Å²) in [5.41, 5.74) is 3.75. The highest BCUT2D eigenvalue weighted by molar-refractivity contribution is 7.90. The first-order valence-corrected chi connectivity index (χ1v) is 15.1. The van der Waals surface area contributed by atoms with E-state index in [0.717, 1.165) is 35.4 Å². The molecule has 2 fully saturated rings. The van der Waals surface area contributed by atoms with Gasteiger partial charge in [0.05, 0.1) is 46.1 Å². The number of hydrogen-bond acceptors (Lipinski definition) is 8. The number of aryl methyl sites for hydroxylation is 1. The van der Waals surface area contributed by atoms with Crippen LogP contribution in [-0.2, 0) is 32.8 Å². The van der Waals surface area contributed by atoms with Crippen LogP contribution in [0.5, 0.6) is 0 Å². The molecule has 206 valence electrons. The van der Waals surface area contributed by atoms with Crippen LogP contribution in [0.25, 0.3) is 17.2 Å². The molecule has 4 aromatic rings. The highest BCUT2D eigenvalue weighted by Crippen LogP contribution is 2.91. The zero-order valence-corrected chi connectivity index (χ0v) is 22.8. The average molecular weight is 565 g/mol. The van der Waals surface area contributed by atoms with Crippen molar-refractivity contribution in [2.75, 3.05) is 25.7 Å². The third-order valence-electron chi connectivity index (χ3n) is 8.65. The molecule has 9 nitrogen and oxygen atoms in total. The number of rotatable bonds is 9. The Labute approximate surface area is 229 Å². The monoisotopic (exact) mass is 564 g/mol. The number of ether oxygens (including phenoxy) is 1. The van der Waals surface area contributed by atoms with Gasteiger partial charge >= 0.3 is 0 Å². The van der Waals surface area contributed by atoms with E-state index in [4.69, 9.17) is 9.72 Å². The van der Waals surface area contributed by atoms with Crippen molar-refractivity contribution in [3.63, 3.8) is 0 Å². The van der Waals surface area contributed by atoms with E-state index in [1.165, 1.54) is 24.5 Å². The highest BCUT2D eigenvalue weighted by atomic mass is 32.2. The Bertz CT molecular complexity index is 1770. The van der Waals surface area contributed by atoms with Gasteiger partial charge in [0.25, 0.3) is 5.95 Å². The van der Waals surface area contributed by atoms with Gasteiger partial charge in [0, 0.05) is 32.2 Å². The molecular weight excluding hydrogens is 538 g/mol. The quantitative estimate of drug-likeness (QED) is 0.304. The maximum atomic E-state index is 14.5. The minimum Gasteiger partial charge on any atom is -0.384 e. The minimum atomic E-state index is -3.16. The summed E-state index contributed by atoms with van der Waals surface area (Å²) in [6.45, 7) is 0.472. The van der Waals surface area contributed by atoms with Crippen LogP contribution in [0.2, 0.25) is 0 Å². The molecule has 0 saturated heterocycles. The first-order chi connectivity index (χ1) is 19.2. The van der Waals surface area contributed by atoms with Gasteiger partial charge in [-0.25, -0.2) is 31.8 Å². The van der Waals surface area contributed by atoms with Crippen LogP contribution < -0.4 is 0 Å². The number of halogens is 2. The molecule has 2 saturated carbocycles. The highest BCUT2D eigenvalue weighted by Gasteiger charge is 2.87. The van der Waals surface area contributed by atoms with E-state index in [-0.39, 0.29) is 34.8 Å². The zero-order chi connectivity index (χ0) is 27.9. The van der Waals surface area contributed by atoms with Crippen molar-refractivity contribution in [3.8, 4) is 17.2 Å². The summed E-state index contributed by atoms with van der Waals surface area (Å²) < 4.78 is 59.3. The van der Waals surface area contributed by atoms with E-state index in [0.29, 0.717) is 24.7 Å². The van der Waals surface area contributed by atoms with E-state index in [1.807, 2.05) is 12.3 Å². The Hall–Kier alpha value is -3.64. The van der Waals surface area contributed by atoms with Gasteiger partial charge in [-0.2, -0.15) is 10.2 Å². The van der Waals surface area contributed by atoms with Gasteiger partial charge < -0.3 is 4.74 Å². The third kappa shape index (κ3) is 3.72. The van der Waals surface area contributed by atoms with Crippen molar-refractivity contribution in [1.82, 2.24) is 29.9 Å². The smallest absolute Gasteiger partial charge is 0.250 e.